The first-order valence-corrected chi connectivity index (χ1v) is 8.64. The number of benzene rings is 1. The number of nitrogens with two attached hydrogens (primary N) is 1. The second-order valence-electron chi connectivity index (χ2n) is 6.71. The third-order valence-corrected chi connectivity index (χ3v) is 4.90. The van der Waals surface area contributed by atoms with Crippen molar-refractivity contribution in [3.8, 4) is 11.3 Å². The number of nitrogens with zero attached hydrogens (tertiary/aromatic N) is 2. The zero-order valence-electron chi connectivity index (χ0n) is 14.4. The van der Waals surface area contributed by atoms with E-state index in [0.717, 1.165) is 36.3 Å². The molecule has 1 aliphatic heterocycles. The van der Waals surface area contributed by atoms with Gasteiger partial charge >= 0.3 is 0 Å². The first-order chi connectivity index (χ1) is 11.6. The second-order valence-corrected chi connectivity index (χ2v) is 6.71. The number of pyridine rings is 1. The molecule has 2 heterocycles. The average molecular weight is 323 g/mol. The smallest absolute Gasteiger partial charge is 0.255 e. The van der Waals surface area contributed by atoms with E-state index in [-0.39, 0.29) is 11.9 Å². The van der Waals surface area contributed by atoms with Crippen LogP contribution in [0.2, 0.25) is 0 Å². The van der Waals surface area contributed by atoms with Gasteiger partial charge in [0, 0.05) is 24.7 Å². The minimum Gasteiger partial charge on any atom is -0.334 e. The van der Waals surface area contributed by atoms with Gasteiger partial charge in [0.05, 0.1) is 17.0 Å². The first kappa shape index (κ1) is 16.7. The predicted octanol–water partition coefficient (Wildman–Crippen LogP) is 3.26. The number of rotatable bonds is 3. The van der Waals surface area contributed by atoms with Gasteiger partial charge in [-0.25, -0.2) is 0 Å². The van der Waals surface area contributed by atoms with Crippen LogP contribution in [0.25, 0.3) is 11.3 Å². The zero-order chi connectivity index (χ0) is 17.1. The predicted molar refractivity (Wildman–Crippen MR) is 96.7 cm³/mol. The Morgan fingerprint density at radius 1 is 1.25 bits per heavy atom. The van der Waals surface area contributed by atoms with Gasteiger partial charge in [0.15, 0.2) is 0 Å². The molecule has 4 heteroatoms. The van der Waals surface area contributed by atoms with Crippen LogP contribution in [0, 0.1) is 12.8 Å². The number of hydrogen-bond acceptors (Lipinski definition) is 3. The van der Waals surface area contributed by atoms with Crippen molar-refractivity contribution in [1.29, 1.82) is 0 Å². The molecule has 1 saturated heterocycles. The highest BCUT2D eigenvalue weighted by molar-refractivity contribution is 5.95. The third-order valence-electron chi connectivity index (χ3n) is 4.90. The number of carbonyl (C=O) groups is 1. The fraction of sp³-hybridized carbons (Fsp3) is 0.400. The normalized spacial score (nSPS) is 20.9. The third kappa shape index (κ3) is 3.34. The number of amides is 1. The van der Waals surface area contributed by atoms with Crippen molar-refractivity contribution in [2.75, 3.05) is 13.1 Å². The largest absolute Gasteiger partial charge is 0.334 e. The molecule has 0 aliphatic carbocycles. The maximum absolute atomic E-state index is 13.0. The molecule has 1 aromatic heterocycles. The van der Waals surface area contributed by atoms with Crippen LogP contribution in [-0.4, -0.2) is 34.9 Å². The lowest BCUT2D eigenvalue weighted by Gasteiger charge is -2.38. The van der Waals surface area contributed by atoms with Crippen molar-refractivity contribution in [3.63, 3.8) is 0 Å². The quantitative estimate of drug-likeness (QED) is 0.943. The van der Waals surface area contributed by atoms with Gasteiger partial charge in [0.2, 0.25) is 0 Å². The van der Waals surface area contributed by atoms with Crippen molar-refractivity contribution < 1.29 is 4.79 Å². The van der Waals surface area contributed by atoms with E-state index >= 15 is 0 Å². The van der Waals surface area contributed by atoms with Gasteiger partial charge < -0.3 is 10.6 Å². The molecule has 2 N–H and O–H groups in total. The van der Waals surface area contributed by atoms with E-state index in [2.05, 4.69) is 11.9 Å². The number of aryl methyl sites for hydroxylation is 1. The lowest BCUT2D eigenvalue weighted by Crippen LogP contribution is -2.49. The summed E-state index contributed by atoms with van der Waals surface area (Å²) < 4.78 is 0. The van der Waals surface area contributed by atoms with Crippen LogP contribution >= 0.6 is 0 Å². The Balaban J connectivity index is 1.85. The van der Waals surface area contributed by atoms with Crippen LogP contribution in [0.15, 0.2) is 42.5 Å². The Morgan fingerprint density at radius 2 is 2.00 bits per heavy atom. The van der Waals surface area contributed by atoms with E-state index in [4.69, 9.17) is 5.73 Å². The van der Waals surface area contributed by atoms with Crippen LogP contribution < -0.4 is 5.73 Å². The summed E-state index contributed by atoms with van der Waals surface area (Å²) in [6.45, 7) is 5.43. The average Bonchev–Trinajstić information content (AvgIpc) is 2.61. The molecule has 0 spiro atoms. The Hall–Kier alpha value is -2.20. The van der Waals surface area contributed by atoms with E-state index in [0.29, 0.717) is 18.0 Å². The molecule has 4 nitrogen and oxygen atoms in total. The van der Waals surface area contributed by atoms with Crippen LogP contribution in [0.1, 0.15) is 35.8 Å². The molecule has 24 heavy (non-hydrogen) atoms. The molecule has 1 amide bonds. The highest BCUT2D eigenvalue weighted by atomic mass is 16.2. The van der Waals surface area contributed by atoms with E-state index < -0.39 is 0 Å². The van der Waals surface area contributed by atoms with Crippen molar-refractivity contribution in [2.24, 2.45) is 11.7 Å². The summed E-state index contributed by atoms with van der Waals surface area (Å²) in [7, 11) is 0. The van der Waals surface area contributed by atoms with Gasteiger partial charge in [-0.1, -0.05) is 37.3 Å². The van der Waals surface area contributed by atoms with E-state index in [1.807, 2.05) is 54.3 Å². The molecule has 126 valence electrons. The van der Waals surface area contributed by atoms with Crippen molar-refractivity contribution >= 4 is 5.91 Å². The molecular weight excluding hydrogens is 298 g/mol. The summed E-state index contributed by atoms with van der Waals surface area (Å²) in [5, 5.41) is 0. The number of carbonyl (C=O) groups excluding carboxylic acids is 1. The molecular formula is C20H25N3O. The second kappa shape index (κ2) is 7.14. The summed E-state index contributed by atoms with van der Waals surface area (Å²) in [6, 6.07) is 14.0. The van der Waals surface area contributed by atoms with Crippen LogP contribution in [0.5, 0.6) is 0 Å². The molecule has 0 saturated carbocycles. The summed E-state index contributed by atoms with van der Waals surface area (Å²) in [5.41, 5.74) is 9.31. The maximum atomic E-state index is 13.0. The molecule has 1 aliphatic rings. The fourth-order valence-electron chi connectivity index (χ4n) is 3.45. The van der Waals surface area contributed by atoms with Crippen LogP contribution in [0.4, 0.5) is 0 Å². The highest BCUT2D eigenvalue weighted by Crippen LogP contribution is 2.25. The number of hydrogen-bond donors (Lipinski definition) is 1. The molecule has 2 aromatic rings. The van der Waals surface area contributed by atoms with E-state index in [1.54, 1.807) is 0 Å². The van der Waals surface area contributed by atoms with Crippen LogP contribution in [0.3, 0.4) is 0 Å². The number of piperidine rings is 1. The molecule has 2 unspecified atom stereocenters. The minimum absolute atomic E-state index is 0.0574. The molecule has 3 rings (SSSR count). The zero-order valence-corrected chi connectivity index (χ0v) is 14.4. The fourth-order valence-corrected chi connectivity index (χ4v) is 3.45. The molecule has 1 aromatic carbocycles. The molecule has 0 radical (unpaired) electrons. The molecule has 0 bridgehead atoms. The lowest BCUT2D eigenvalue weighted by atomic mass is 9.91. The van der Waals surface area contributed by atoms with E-state index in [9.17, 15) is 4.79 Å². The van der Waals surface area contributed by atoms with Crippen molar-refractivity contribution in [1.82, 2.24) is 9.88 Å². The van der Waals surface area contributed by atoms with E-state index in [1.165, 1.54) is 0 Å². The summed E-state index contributed by atoms with van der Waals surface area (Å²) in [6.07, 6.45) is 2.02. The Labute approximate surface area is 143 Å². The van der Waals surface area contributed by atoms with Gasteiger partial charge in [0.25, 0.3) is 5.91 Å². The van der Waals surface area contributed by atoms with Gasteiger partial charge in [0.1, 0.15) is 0 Å². The standard InChI is InChI=1S/C20H25N3O/c1-14-10-11-23(17(12-14)13-21)20(24)18-8-9-19(22-15(18)2)16-6-4-3-5-7-16/h3-9,14,17H,10-13,21H2,1-2H3. The summed E-state index contributed by atoms with van der Waals surface area (Å²) >= 11 is 0. The molecule has 1 fully saturated rings. The van der Waals surface area contributed by atoms with Gasteiger partial charge in [-0.2, -0.15) is 0 Å². The highest BCUT2D eigenvalue weighted by Gasteiger charge is 2.30. The van der Waals surface area contributed by atoms with Gasteiger partial charge in [-0.15, -0.1) is 0 Å². The topological polar surface area (TPSA) is 59.2 Å². The van der Waals surface area contributed by atoms with Crippen molar-refractivity contribution in [3.05, 3.63) is 53.7 Å². The van der Waals surface area contributed by atoms with Gasteiger partial charge in [-0.05, 0) is 37.8 Å². The number of likely N-dealkylation sites (tertiary alicyclic amines) is 1. The Morgan fingerprint density at radius 3 is 2.67 bits per heavy atom. The van der Waals surface area contributed by atoms with Gasteiger partial charge in [-0.3, -0.25) is 9.78 Å². The monoisotopic (exact) mass is 323 g/mol. The summed E-state index contributed by atoms with van der Waals surface area (Å²) in [4.78, 5) is 19.6. The lowest BCUT2D eigenvalue weighted by molar-refractivity contribution is 0.0572. The van der Waals surface area contributed by atoms with Crippen LogP contribution in [-0.2, 0) is 0 Å². The maximum Gasteiger partial charge on any atom is 0.255 e. The minimum atomic E-state index is 0.0574. The SMILES string of the molecule is Cc1nc(-c2ccccc2)ccc1C(=O)N1CCC(C)CC1CN. The Bertz CT molecular complexity index is 714. The Kier molecular flexibility index (Phi) is 4.95. The molecule has 2 atom stereocenters. The summed E-state index contributed by atoms with van der Waals surface area (Å²) in [5.74, 6) is 0.684. The van der Waals surface area contributed by atoms with Crippen molar-refractivity contribution in [2.45, 2.75) is 32.7 Å². The number of aromatic nitrogens is 1. The first-order valence-electron chi connectivity index (χ1n) is 8.64.